The number of aryl methyl sites for hydroxylation is 2. The normalized spacial score (nSPS) is 14.7. The molecule has 1 aliphatic rings. The molecule has 0 aliphatic heterocycles. The molecule has 0 amide bonds. The molecule has 0 radical (unpaired) electrons. The Bertz CT molecular complexity index is 771. The molecule has 0 bridgehead atoms. The first kappa shape index (κ1) is 12.1. The summed E-state index contributed by atoms with van der Waals surface area (Å²) < 4.78 is 2.08. The van der Waals surface area contributed by atoms with Crippen molar-refractivity contribution < 1.29 is 0 Å². The first-order chi connectivity index (χ1) is 9.86. The number of nitrogens with zero attached hydrogens (tertiary/aromatic N) is 3. The van der Waals surface area contributed by atoms with Crippen molar-refractivity contribution in [3.05, 3.63) is 40.5 Å². The van der Waals surface area contributed by atoms with Crippen LogP contribution in [0.5, 0.6) is 0 Å². The van der Waals surface area contributed by atoms with Crippen molar-refractivity contribution in [2.24, 2.45) is 5.73 Å². The fraction of sp³-hybridized carbons (Fsp3) is 0.333. The molecule has 0 fully saturated rings. The topological polar surface area (TPSA) is 56.2 Å². The van der Waals surface area contributed by atoms with Crippen molar-refractivity contribution in [1.82, 2.24) is 14.6 Å². The van der Waals surface area contributed by atoms with E-state index in [0.29, 0.717) is 6.54 Å². The smallest absolute Gasteiger partial charge is 0.216 e. The number of benzene rings is 1. The molecular formula is C15H16N4S. The lowest BCUT2D eigenvalue weighted by Crippen LogP contribution is -2.04. The highest BCUT2D eigenvalue weighted by Crippen LogP contribution is 2.30. The van der Waals surface area contributed by atoms with Gasteiger partial charge in [0.05, 0.1) is 12.2 Å². The minimum Gasteiger partial charge on any atom is -0.324 e. The van der Waals surface area contributed by atoms with Crippen LogP contribution in [0, 0.1) is 0 Å². The summed E-state index contributed by atoms with van der Waals surface area (Å²) in [6.07, 6.45) is 5.03. The minimum absolute atomic E-state index is 0.413. The van der Waals surface area contributed by atoms with Gasteiger partial charge in [-0.2, -0.15) is 0 Å². The second kappa shape index (κ2) is 4.68. The van der Waals surface area contributed by atoms with Crippen molar-refractivity contribution in [2.45, 2.75) is 32.2 Å². The number of aromatic nitrogens is 3. The third-order valence-electron chi connectivity index (χ3n) is 4.04. The lowest BCUT2D eigenvalue weighted by Gasteiger charge is -2.16. The van der Waals surface area contributed by atoms with E-state index in [1.54, 1.807) is 11.3 Å². The maximum atomic E-state index is 5.76. The number of nitrogens with two attached hydrogens (primary N) is 1. The van der Waals surface area contributed by atoms with Crippen LogP contribution in [0.3, 0.4) is 0 Å². The van der Waals surface area contributed by atoms with Gasteiger partial charge in [-0.3, -0.25) is 4.40 Å². The highest BCUT2D eigenvalue weighted by molar-refractivity contribution is 7.15. The van der Waals surface area contributed by atoms with Crippen LogP contribution >= 0.6 is 11.3 Å². The Morgan fingerprint density at radius 3 is 2.85 bits per heavy atom. The van der Waals surface area contributed by atoms with E-state index in [-0.39, 0.29) is 0 Å². The molecule has 2 heterocycles. The van der Waals surface area contributed by atoms with E-state index < -0.39 is 0 Å². The summed E-state index contributed by atoms with van der Waals surface area (Å²) in [6, 6.07) is 6.82. The molecule has 1 aliphatic carbocycles. The van der Waals surface area contributed by atoms with Gasteiger partial charge >= 0.3 is 0 Å². The summed E-state index contributed by atoms with van der Waals surface area (Å²) in [6.45, 7) is 0.413. The molecule has 0 atom stereocenters. The predicted molar refractivity (Wildman–Crippen MR) is 80.8 cm³/mol. The lowest BCUT2D eigenvalue weighted by atomic mass is 9.90. The molecule has 2 N–H and O–H groups in total. The summed E-state index contributed by atoms with van der Waals surface area (Å²) in [5.41, 5.74) is 11.2. The Morgan fingerprint density at radius 2 is 2.00 bits per heavy atom. The van der Waals surface area contributed by atoms with Crippen LogP contribution in [0.25, 0.3) is 16.2 Å². The van der Waals surface area contributed by atoms with Crippen LogP contribution in [0.4, 0.5) is 0 Å². The highest BCUT2D eigenvalue weighted by Gasteiger charge is 2.15. The van der Waals surface area contributed by atoms with Gasteiger partial charge in [-0.25, -0.2) is 0 Å². The number of hydrogen-bond acceptors (Lipinski definition) is 4. The van der Waals surface area contributed by atoms with Crippen LogP contribution in [0.2, 0.25) is 0 Å². The van der Waals surface area contributed by atoms with Gasteiger partial charge in [0.15, 0.2) is 5.82 Å². The highest BCUT2D eigenvalue weighted by atomic mass is 32.1. The monoisotopic (exact) mass is 284 g/mol. The summed E-state index contributed by atoms with van der Waals surface area (Å²) in [5.74, 6) is 0.828. The fourth-order valence-electron chi connectivity index (χ4n) is 3.00. The van der Waals surface area contributed by atoms with Crippen LogP contribution in [-0.4, -0.2) is 14.6 Å². The fourth-order valence-corrected chi connectivity index (χ4v) is 3.86. The molecule has 3 aromatic rings. The third-order valence-corrected chi connectivity index (χ3v) is 4.86. The summed E-state index contributed by atoms with van der Waals surface area (Å²) in [7, 11) is 0. The molecule has 4 rings (SSSR count). The van der Waals surface area contributed by atoms with E-state index in [1.165, 1.54) is 42.4 Å². The first-order valence-electron chi connectivity index (χ1n) is 7.00. The second-order valence-electron chi connectivity index (χ2n) is 5.25. The largest absolute Gasteiger partial charge is 0.324 e. The predicted octanol–water partition coefficient (Wildman–Crippen LogP) is 2.80. The van der Waals surface area contributed by atoms with Crippen LogP contribution in [-0.2, 0) is 19.4 Å². The molecule has 0 spiro atoms. The number of hydrogen-bond donors (Lipinski definition) is 1. The van der Waals surface area contributed by atoms with Gasteiger partial charge < -0.3 is 5.73 Å². The molecular weight excluding hydrogens is 268 g/mol. The molecule has 2 aromatic heterocycles. The number of fused-ring (bicyclic) bond motifs is 2. The van der Waals surface area contributed by atoms with E-state index >= 15 is 0 Å². The van der Waals surface area contributed by atoms with Crippen LogP contribution in [0.1, 0.15) is 29.8 Å². The van der Waals surface area contributed by atoms with Gasteiger partial charge in [0.2, 0.25) is 4.96 Å². The number of rotatable bonds is 2. The third kappa shape index (κ3) is 1.77. The van der Waals surface area contributed by atoms with Gasteiger partial charge in [-0.1, -0.05) is 12.1 Å². The average molecular weight is 284 g/mol. The maximum absolute atomic E-state index is 5.76. The Labute approximate surface area is 121 Å². The molecule has 102 valence electrons. The van der Waals surface area contributed by atoms with Crippen LogP contribution in [0.15, 0.2) is 23.6 Å². The van der Waals surface area contributed by atoms with Gasteiger partial charge in [0, 0.05) is 5.38 Å². The Kier molecular flexibility index (Phi) is 2.82. The van der Waals surface area contributed by atoms with Crippen LogP contribution < -0.4 is 5.73 Å². The van der Waals surface area contributed by atoms with Gasteiger partial charge in [0.25, 0.3) is 0 Å². The quantitative estimate of drug-likeness (QED) is 0.787. The Morgan fingerprint density at radius 1 is 1.15 bits per heavy atom. The molecule has 5 heteroatoms. The molecule has 0 saturated heterocycles. The standard InChI is InChI=1S/C15H16N4S/c16-8-14-17-18-15-19(14)13(9-20-15)12-6-5-10-3-1-2-4-11(10)7-12/h5-7,9H,1-4,8,16H2. The SMILES string of the molecule is NCc1nnc2scc(-c3ccc4c(c3)CCCC4)n12. The number of thiazole rings is 1. The van der Waals surface area contributed by atoms with Gasteiger partial charge in [-0.05, 0) is 48.4 Å². The van der Waals surface area contributed by atoms with Crippen molar-refractivity contribution >= 4 is 16.3 Å². The Balaban J connectivity index is 1.88. The molecule has 0 unspecified atom stereocenters. The van der Waals surface area contributed by atoms with Crippen molar-refractivity contribution in [2.75, 3.05) is 0 Å². The lowest BCUT2D eigenvalue weighted by molar-refractivity contribution is 0.686. The average Bonchev–Trinajstić information content (AvgIpc) is 3.08. The minimum atomic E-state index is 0.413. The van der Waals surface area contributed by atoms with E-state index in [1.807, 2.05) is 0 Å². The van der Waals surface area contributed by atoms with Crippen molar-refractivity contribution in [1.29, 1.82) is 0 Å². The van der Waals surface area contributed by atoms with Gasteiger partial charge in [0.1, 0.15) is 0 Å². The molecule has 1 aromatic carbocycles. The van der Waals surface area contributed by atoms with Crippen molar-refractivity contribution in [3.63, 3.8) is 0 Å². The molecule has 20 heavy (non-hydrogen) atoms. The summed E-state index contributed by atoms with van der Waals surface area (Å²) in [4.78, 5) is 0.915. The molecule has 0 saturated carbocycles. The molecule has 4 nitrogen and oxygen atoms in total. The second-order valence-corrected chi connectivity index (χ2v) is 6.09. The first-order valence-corrected chi connectivity index (χ1v) is 7.88. The van der Waals surface area contributed by atoms with Crippen molar-refractivity contribution in [3.8, 4) is 11.3 Å². The zero-order valence-electron chi connectivity index (χ0n) is 11.2. The zero-order valence-corrected chi connectivity index (χ0v) is 12.0. The van der Waals surface area contributed by atoms with E-state index in [4.69, 9.17) is 5.73 Å². The Hall–Kier alpha value is -1.72. The van der Waals surface area contributed by atoms with E-state index in [2.05, 4.69) is 38.2 Å². The summed E-state index contributed by atoms with van der Waals surface area (Å²) in [5, 5.41) is 10.5. The van der Waals surface area contributed by atoms with E-state index in [9.17, 15) is 0 Å². The van der Waals surface area contributed by atoms with E-state index in [0.717, 1.165) is 16.5 Å². The summed E-state index contributed by atoms with van der Waals surface area (Å²) >= 11 is 1.62. The zero-order chi connectivity index (χ0) is 13.5. The maximum Gasteiger partial charge on any atom is 0.216 e. The van der Waals surface area contributed by atoms with Gasteiger partial charge in [-0.15, -0.1) is 21.5 Å².